The molecule has 0 bridgehead atoms. The Morgan fingerprint density at radius 2 is 1.82 bits per heavy atom. The molecule has 1 saturated carbocycles. The summed E-state index contributed by atoms with van der Waals surface area (Å²) >= 11 is 0. The van der Waals surface area contributed by atoms with Crippen LogP contribution >= 0.6 is 12.4 Å². The fraction of sp³-hybridized carbons (Fsp3) is 0.481. The Kier molecular flexibility index (Phi) is 6.30. The van der Waals surface area contributed by atoms with Crippen LogP contribution in [-0.4, -0.2) is 53.2 Å². The minimum Gasteiger partial charge on any atom is -0.378 e. The first kappa shape index (κ1) is 23.2. The number of halogens is 1. The lowest BCUT2D eigenvalue weighted by Gasteiger charge is -2.31. The molecule has 0 radical (unpaired) electrons. The molecule has 6 rings (SSSR count). The Morgan fingerprint density at radius 1 is 1.09 bits per heavy atom. The van der Waals surface area contributed by atoms with Crippen LogP contribution in [0.5, 0.6) is 0 Å². The minimum atomic E-state index is 0. The number of hydrogen-bond donors (Lipinski definition) is 0. The largest absolute Gasteiger partial charge is 0.378 e. The van der Waals surface area contributed by atoms with E-state index in [0.717, 1.165) is 37.8 Å². The van der Waals surface area contributed by atoms with E-state index in [-0.39, 0.29) is 18.3 Å². The summed E-state index contributed by atoms with van der Waals surface area (Å²) in [5.41, 5.74) is 7.11. The molecule has 2 aliphatic heterocycles. The molecule has 0 spiro atoms. The summed E-state index contributed by atoms with van der Waals surface area (Å²) in [7, 11) is 0. The second kappa shape index (κ2) is 9.23. The lowest BCUT2D eigenvalue weighted by Crippen LogP contribution is -2.41. The van der Waals surface area contributed by atoms with Crippen LogP contribution in [0.4, 0.5) is 5.82 Å². The maximum Gasteiger partial charge on any atom is 0.272 e. The van der Waals surface area contributed by atoms with Crippen molar-refractivity contribution in [3.05, 3.63) is 58.4 Å². The fourth-order valence-electron chi connectivity index (χ4n) is 5.36. The number of aromatic nitrogens is 2. The Labute approximate surface area is 207 Å². The molecule has 1 amide bonds. The topological polar surface area (TPSA) is 50.6 Å². The van der Waals surface area contributed by atoms with Crippen LogP contribution in [0.15, 0.2) is 30.3 Å². The van der Waals surface area contributed by atoms with E-state index in [1.54, 1.807) is 0 Å². The monoisotopic (exact) mass is 480 g/mol. The van der Waals surface area contributed by atoms with Gasteiger partial charge in [-0.2, -0.15) is 0 Å². The van der Waals surface area contributed by atoms with Crippen molar-refractivity contribution in [3.63, 3.8) is 0 Å². The number of nitrogens with zero attached hydrogens (tertiary/aromatic N) is 4. The second-order valence-corrected chi connectivity index (χ2v) is 9.84. The molecule has 4 heterocycles. The van der Waals surface area contributed by atoms with Crippen LogP contribution in [0.1, 0.15) is 45.7 Å². The third-order valence-electron chi connectivity index (χ3n) is 7.68. The normalized spacial score (nSPS) is 18.1. The van der Waals surface area contributed by atoms with E-state index in [9.17, 15) is 4.79 Å². The number of carbonyl (C=O) groups excluding carboxylic acids is 1. The number of rotatable bonds is 4. The number of aryl methyl sites for hydroxylation is 1. The van der Waals surface area contributed by atoms with Gasteiger partial charge in [0.25, 0.3) is 5.91 Å². The Bertz CT molecular complexity index is 1230. The molecular formula is C27H33ClN4O2. The average molecular weight is 481 g/mol. The van der Waals surface area contributed by atoms with Gasteiger partial charge in [0.15, 0.2) is 5.82 Å². The molecule has 7 heteroatoms. The molecule has 0 N–H and O–H groups in total. The lowest BCUT2D eigenvalue weighted by atomic mass is 10.00. The minimum absolute atomic E-state index is 0. The van der Waals surface area contributed by atoms with E-state index in [2.05, 4.69) is 47.6 Å². The highest BCUT2D eigenvalue weighted by atomic mass is 35.5. The van der Waals surface area contributed by atoms with Crippen molar-refractivity contribution < 1.29 is 9.53 Å². The summed E-state index contributed by atoms with van der Waals surface area (Å²) in [6.45, 7) is 9.67. The average Bonchev–Trinajstić information content (AvgIpc) is 3.66. The van der Waals surface area contributed by atoms with Gasteiger partial charge in [-0.1, -0.05) is 24.3 Å². The molecule has 34 heavy (non-hydrogen) atoms. The van der Waals surface area contributed by atoms with Crippen LogP contribution in [0.3, 0.4) is 0 Å². The first-order chi connectivity index (χ1) is 16.1. The number of anilines is 1. The molecule has 1 aliphatic carbocycles. The van der Waals surface area contributed by atoms with E-state index >= 15 is 0 Å². The predicted octanol–water partition coefficient (Wildman–Crippen LogP) is 4.52. The third kappa shape index (κ3) is 4.07. The Balaban J connectivity index is 0.00000241. The molecule has 0 unspecified atom stereocenters. The van der Waals surface area contributed by atoms with Crippen LogP contribution in [0.2, 0.25) is 0 Å². The van der Waals surface area contributed by atoms with Gasteiger partial charge in [0.05, 0.1) is 18.7 Å². The Hall–Kier alpha value is -2.57. The first-order valence-corrected chi connectivity index (χ1v) is 12.3. The van der Waals surface area contributed by atoms with Crippen molar-refractivity contribution >= 4 is 35.0 Å². The van der Waals surface area contributed by atoms with E-state index < -0.39 is 0 Å². The maximum atomic E-state index is 13.5. The number of amides is 1. The van der Waals surface area contributed by atoms with Crippen molar-refractivity contribution in [2.24, 2.45) is 5.92 Å². The van der Waals surface area contributed by atoms with Crippen molar-refractivity contribution in [3.8, 4) is 0 Å². The predicted molar refractivity (Wildman–Crippen MR) is 137 cm³/mol. The number of pyridine rings is 1. The van der Waals surface area contributed by atoms with Gasteiger partial charge in [-0.05, 0) is 61.8 Å². The molecule has 2 fully saturated rings. The molecule has 3 aliphatic rings. The van der Waals surface area contributed by atoms with E-state index in [1.807, 2.05) is 11.0 Å². The number of morpholine rings is 1. The van der Waals surface area contributed by atoms with Crippen molar-refractivity contribution in [1.82, 2.24) is 14.5 Å². The summed E-state index contributed by atoms with van der Waals surface area (Å²) in [5.74, 6) is 1.75. The molecule has 0 atom stereocenters. The van der Waals surface area contributed by atoms with Crippen molar-refractivity contribution in [2.75, 3.05) is 37.7 Å². The quantitative estimate of drug-likeness (QED) is 0.551. The standard InChI is InChI=1S/C27H32N4O2.ClH/c1-18-19(2)31(16-20-7-8-20)25-23(18)15-24(27(32)29-11-13-33-14-12-29)28-26(25)30-10-9-21-5-3-4-6-22(21)17-30;/h3-6,15,20H,7-14,16-17H2,1-2H3;1H. The molecule has 2 aromatic heterocycles. The third-order valence-corrected chi connectivity index (χ3v) is 7.68. The number of benzene rings is 1. The highest BCUT2D eigenvalue weighted by Crippen LogP contribution is 2.38. The summed E-state index contributed by atoms with van der Waals surface area (Å²) in [5, 5.41) is 1.17. The fourth-order valence-corrected chi connectivity index (χ4v) is 5.36. The molecular weight excluding hydrogens is 448 g/mol. The molecule has 3 aromatic rings. The van der Waals surface area contributed by atoms with Crippen LogP contribution in [0, 0.1) is 19.8 Å². The summed E-state index contributed by atoms with van der Waals surface area (Å²) in [6.07, 6.45) is 3.62. The molecule has 1 aromatic carbocycles. The van der Waals surface area contributed by atoms with Crippen molar-refractivity contribution in [2.45, 2.75) is 46.2 Å². The van der Waals surface area contributed by atoms with Crippen LogP contribution < -0.4 is 4.90 Å². The smallest absolute Gasteiger partial charge is 0.272 e. The van der Waals surface area contributed by atoms with Gasteiger partial charge in [0, 0.05) is 43.8 Å². The van der Waals surface area contributed by atoms with Crippen LogP contribution in [0.25, 0.3) is 10.9 Å². The molecule has 6 nitrogen and oxygen atoms in total. The zero-order valence-corrected chi connectivity index (χ0v) is 20.9. The van der Waals surface area contributed by atoms with Crippen LogP contribution in [-0.2, 0) is 24.2 Å². The van der Waals surface area contributed by atoms with E-state index in [1.165, 1.54) is 46.1 Å². The highest BCUT2D eigenvalue weighted by Gasteiger charge is 2.29. The summed E-state index contributed by atoms with van der Waals surface area (Å²) in [6, 6.07) is 10.7. The zero-order valence-electron chi connectivity index (χ0n) is 20.0. The Morgan fingerprint density at radius 3 is 2.56 bits per heavy atom. The van der Waals surface area contributed by atoms with Gasteiger partial charge in [0.1, 0.15) is 5.69 Å². The number of ether oxygens (including phenoxy) is 1. The van der Waals surface area contributed by atoms with Gasteiger partial charge < -0.3 is 19.1 Å². The zero-order chi connectivity index (χ0) is 22.5. The number of carbonyl (C=O) groups is 1. The van der Waals surface area contributed by atoms with Gasteiger partial charge in [-0.15, -0.1) is 12.4 Å². The molecule has 180 valence electrons. The highest BCUT2D eigenvalue weighted by molar-refractivity contribution is 6.01. The maximum absolute atomic E-state index is 13.5. The number of hydrogen-bond acceptors (Lipinski definition) is 4. The molecule has 1 saturated heterocycles. The van der Waals surface area contributed by atoms with Gasteiger partial charge in [-0.25, -0.2) is 4.98 Å². The second-order valence-electron chi connectivity index (χ2n) is 9.84. The van der Waals surface area contributed by atoms with E-state index in [0.29, 0.717) is 32.0 Å². The van der Waals surface area contributed by atoms with Crippen molar-refractivity contribution in [1.29, 1.82) is 0 Å². The van der Waals surface area contributed by atoms with Gasteiger partial charge in [-0.3, -0.25) is 4.79 Å². The van der Waals surface area contributed by atoms with E-state index in [4.69, 9.17) is 9.72 Å². The SMILES string of the molecule is Cc1c(C)n(CC2CC2)c2c(N3CCc4ccccc4C3)nc(C(=O)N3CCOCC3)cc12.Cl. The lowest BCUT2D eigenvalue weighted by molar-refractivity contribution is 0.0299. The van der Waals surface area contributed by atoms with Gasteiger partial charge in [0.2, 0.25) is 0 Å². The summed E-state index contributed by atoms with van der Waals surface area (Å²) in [4.78, 5) is 22.8. The number of fused-ring (bicyclic) bond motifs is 2. The first-order valence-electron chi connectivity index (χ1n) is 12.3. The van der Waals surface area contributed by atoms with Gasteiger partial charge >= 0.3 is 0 Å². The summed E-state index contributed by atoms with van der Waals surface area (Å²) < 4.78 is 7.94.